The van der Waals surface area contributed by atoms with E-state index in [9.17, 15) is 0 Å². The largest absolute Gasteiger partial charge is 0.371 e. The summed E-state index contributed by atoms with van der Waals surface area (Å²) in [5, 5.41) is 0. The highest BCUT2D eigenvalue weighted by Crippen LogP contribution is 2.37. The molecule has 0 aromatic heterocycles. The molecule has 0 amide bonds. The Kier molecular flexibility index (Phi) is 5.95. The topological polar surface area (TPSA) is 18.5 Å². The van der Waals surface area contributed by atoms with Crippen molar-refractivity contribution < 1.29 is 9.47 Å². The lowest BCUT2D eigenvalue weighted by molar-refractivity contribution is -0.159. The van der Waals surface area contributed by atoms with Crippen LogP contribution in [0.15, 0.2) is 12.2 Å². The van der Waals surface area contributed by atoms with Gasteiger partial charge in [-0.25, -0.2) is 0 Å². The Morgan fingerprint density at radius 2 is 1.95 bits per heavy atom. The van der Waals surface area contributed by atoms with Gasteiger partial charge in [-0.2, -0.15) is 0 Å². The molecule has 0 N–H and O–H groups in total. The van der Waals surface area contributed by atoms with Gasteiger partial charge in [-0.1, -0.05) is 50.9 Å². The SMILES string of the molecule is C#CC/C=C/C1O[C@H]2C[C@H](Br)[C@@H](CC)O[C@@H]1C[C@@H]2Br. The van der Waals surface area contributed by atoms with Gasteiger partial charge in [-0.05, 0) is 19.3 Å². The standard InChI is InChI=1S/C15H20Br2O2/c1-3-5-6-7-13-15-9-11(17)14(19-13)8-10(16)12(4-2)18-15/h1,6-7,10-15H,4-5,8-9H2,2H3/b7-6+/t10-,11-,12+,13?,14-,15+/m0/s1. The maximum absolute atomic E-state index is 6.25. The Morgan fingerprint density at radius 3 is 2.63 bits per heavy atom. The Labute approximate surface area is 132 Å². The lowest BCUT2D eigenvalue weighted by Crippen LogP contribution is -2.51. The molecule has 3 aliphatic heterocycles. The first-order valence-corrected chi connectivity index (χ1v) is 8.68. The minimum Gasteiger partial charge on any atom is -0.371 e. The predicted molar refractivity (Wildman–Crippen MR) is 84.9 cm³/mol. The molecule has 3 aliphatic rings. The van der Waals surface area contributed by atoms with Gasteiger partial charge in [0.25, 0.3) is 0 Å². The van der Waals surface area contributed by atoms with Crippen LogP contribution in [0.25, 0.3) is 0 Å². The van der Waals surface area contributed by atoms with E-state index < -0.39 is 0 Å². The number of fused-ring (bicyclic) bond motifs is 5. The molecule has 1 unspecified atom stereocenters. The highest BCUT2D eigenvalue weighted by Gasteiger charge is 2.42. The van der Waals surface area contributed by atoms with Crippen molar-refractivity contribution in [3.63, 3.8) is 0 Å². The summed E-state index contributed by atoms with van der Waals surface area (Å²) in [4.78, 5) is 0.730. The van der Waals surface area contributed by atoms with E-state index in [0.717, 1.165) is 19.3 Å². The molecule has 3 heterocycles. The lowest BCUT2D eigenvalue weighted by atomic mass is 9.93. The number of halogens is 2. The van der Waals surface area contributed by atoms with E-state index >= 15 is 0 Å². The number of ether oxygens (including phenoxy) is 2. The van der Waals surface area contributed by atoms with Crippen LogP contribution in [0, 0.1) is 12.3 Å². The van der Waals surface area contributed by atoms with Crippen LogP contribution >= 0.6 is 31.9 Å². The first-order valence-electron chi connectivity index (χ1n) is 6.84. The highest BCUT2D eigenvalue weighted by atomic mass is 79.9. The fourth-order valence-corrected chi connectivity index (χ4v) is 4.27. The third-order valence-corrected chi connectivity index (χ3v) is 5.66. The average molecular weight is 392 g/mol. The molecule has 3 fully saturated rings. The average Bonchev–Trinajstić information content (AvgIpc) is 2.38. The number of hydrogen-bond acceptors (Lipinski definition) is 2. The normalized spacial score (nSPS) is 42.8. The lowest BCUT2D eigenvalue weighted by Gasteiger charge is -2.44. The summed E-state index contributed by atoms with van der Waals surface area (Å²) in [6, 6.07) is 0. The summed E-state index contributed by atoms with van der Waals surface area (Å²) in [5.74, 6) is 2.62. The second kappa shape index (κ2) is 7.26. The molecular formula is C15H20Br2O2. The minimum absolute atomic E-state index is 0.0289. The maximum atomic E-state index is 6.25. The van der Waals surface area contributed by atoms with Crippen LogP contribution in [0.5, 0.6) is 0 Å². The smallest absolute Gasteiger partial charge is 0.102 e. The second-order valence-corrected chi connectivity index (χ2v) is 7.45. The zero-order chi connectivity index (χ0) is 13.8. The van der Waals surface area contributed by atoms with Crippen LogP contribution < -0.4 is 0 Å². The molecule has 3 rings (SSSR count). The van der Waals surface area contributed by atoms with E-state index in [1.807, 2.05) is 6.08 Å². The summed E-state index contributed by atoms with van der Waals surface area (Å²) < 4.78 is 12.4. The summed E-state index contributed by atoms with van der Waals surface area (Å²) >= 11 is 7.47. The van der Waals surface area contributed by atoms with Gasteiger partial charge in [-0.3, -0.25) is 0 Å². The molecule has 2 bridgehead atoms. The highest BCUT2D eigenvalue weighted by molar-refractivity contribution is 9.09. The van der Waals surface area contributed by atoms with Crippen molar-refractivity contribution in [1.82, 2.24) is 0 Å². The van der Waals surface area contributed by atoms with Crippen LogP contribution in [-0.2, 0) is 9.47 Å². The molecule has 0 radical (unpaired) electrons. The Morgan fingerprint density at radius 1 is 1.21 bits per heavy atom. The number of rotatable bonds is 3. The number of alkyl halides is 2. The van der Waals surface area contributed by atoms with Crippen molar-refractivity contribution in [2.45, 2.75) is 66.7 Å². The first-order chi connectivity index (χ1) is 9.15. The van der Waals surface area contributed by atoms with Crippen LogP contribution in [0.4, 0.5) is 0 Å². The molecule has 6 atom stereocenters. The molecule has 2 nitrogen and oxygen atoms in total. The summed E-state index contributed by atoms with van der Waals surface area (Å²) in [6.07, 6.45) is 13.6. The van der Waals surface area contributed by atoms with Gasteiger partial charge in [-0.15, -0.1) is 12.3 Å². The molecule has 0 spiro atoms. The van der Waals surface area contributed by atoms with Crippen molar-refractivity contribution in [2.24, 2.45) is 0 Å². The van der Waals surface area contributed by atoms with Gasteiger partial charge in [0.2, 0.25) is 0 Å². The van der Waals surface area contributed by atoms with E-state index in [-0.39, 0.29) is 24.4 Å². The molecule has 106 valence electrons. The first kappa shape index (κ1) is 15.6. The van der Waals surface area contributed by atoms with Crippen molar-refractivity contribution in [2.75, 3.05) is 0 Å². The molecule has 0 aromatic carbocycles. The van der Waals surface area contributed by atoms with Crippen molar-refractivity contribution in [3.05, 3.63) is 12.2 Å². The molecule has 0 aliphatic carbocycles. The van der Waals surface area contributed by atoms with Gasteiger partial charge in [0.05, 0.1) is 18.3 Å². The minimum atomic E-state index is 0.0289. The van der Waals surface area contributed by atoms with Crippen molar-refractivity contribution in [1.29, 1.82) is 0 Å². The number of allylic oxidation sites excluding steroid dienone is 1. The molecule has 19 heavy (non-hydrogen) atoms. The monoisotopic (exact) mass is 390 g/mol. The zero-order valence-electron chi connectivity index (χ0n) is 11.1. The maximum Gasteiger partial charge on any atom is 0.102 e. The van der Waals surface area contributed by atoms with Gasteiger partial charge >= 0.3 is 0 Å². The second-order valence-electron chi connectivity index (χ2n) is 5.10. The van der Waals surface area contributed by atoms with Gasteiger partial charge in [0, 0.05) is 16.1 Å². The summed E-state index contributed by atoms with van der Waals surface area (Å²) in [5.41, 5.74) is 0. The molecule has 0 saturated carbocycles. The van der Waals surface area contributed by atoms with E-state index in [4.69, 9.17) is 15.9 Å². The number of hydrogen-bond donors (Lipinski definition) is 0. The van der Waals surface area contributed by atoms with E-state index in [1.54, 1.807) is 0 Å². The fraction of sp³-hybridized carbons (Fsp3) is 0.733. The third kappa shape index (κ3) is 3.85. The van der Waals surface area contributed by atoms with Gasteiger partial charge in [0.1, 0.15) is 6.10 Å². The van der Waals surface area contributed by atoms with E-state index in [1.165, 1.54) is 0 Å². The summed E-state index contributed by atoms with van der Waals surface area (Å²) in [6.45, 7) is 2.17. The van der Waals surface area contributed by atoms with Crippen LogP contribution in [0.1, 0.15) is 32.6 Å². The Hall–Kier alpha value is 0.180. The van der Waals surface area contributed by atoms with E-state index in [0.29, 0.717) is 16.1 Å². The zero-order valence-corrected chi connectivity index (χ0v) is 14.3. The van der Waals surface area contributed by atoms with Crippen molar-refractivity contribution in [3.8, 4) is 12.3 Å². The van der Waals surface area contributed by atoms with Crippen molar-refractivity contribution >= 4 is 31.9 Å². The van der Waals surface area contributed by atoms with E-state index in [2.05, 4.69) is 50.8 Å². The quantitative estimate of drug-likeness (QED) is 0.413. The Balaban J connectivity index is 2.11. The van der Waals surface area contributed by atoms with Gasteiger partial charge in [0.15, 0.2) is 0 Å². The predicted octanol–water partition coefficient (Wildman–Crippen LogP) is 3.82. The molecular weight excluding hydrogens is 372 g/mol. The molecule has 3 saturated heterocycles. The van der Waals surface area contributed by atoms with Crippen LogP contribution in [0.2, 0.25) is 0 Å². The Bertz CT molecular complexity index is 364. The third-order valence-electron chi connectivity index (χ3n) is 3.73. The number of terminal acetylenes is 1. The van der Waals surface area contributed by atoms with Crippen LogP contribution in [0.3, 0.4) is 0 Å². The van der Waals surface area contributed by atoms with Gasteiger partial charge < -0.3 is 9.47 Å². The fourth-order valence-electron chi connectivity index (χ4n) is 2.69. The molecule has 0 aromatic rings. The summed E-state index contributed by atoms with van der Waals surface area (Å²) in [7, 11) is 0. The molecule has 4 heteroatoms. The van der Waals surface area contributed by atoms with Crippen LogP contribution in [-0.4, -0.2) is 34.1 Å².